The summed E-state index contributed by atoms with van der Waals surface area (Å²) < 4.78 is 32.4. The number of hydrogen-bond acceptors (Lipinski definition) is 12. The summed E-state index contributed by atoms with van der Waals surface area (Å²) >= 11 is 0. The van der Waals surface area contributed by atoms with Crippen LogP contribution in [0, 0.1) is 27.9 Å². The molecule has 6 atom stereocenters. The standard InChI is InChI=1S/C48H61N3O11/c1-4-23-50(47(54)58-28-27-57-33-34-15-8-7-9-16-34)44-32-42(49-60-6-3)40-29-35(17-10-12-24-52)39(20-11-13-25-53)45-41-31-38(61-37-19-14-18-36(30-37)51(55)56)21-22-43(41)62-48(44,46(40)45)59-26-5-2/h5,7-9,14-16,18-19,21-22,29-31,35,39,44-46,52-53H,2,4,6,10-13,17,20,23-28,32-33H2,1,3H3/t35-,39+,44-,45+,46+,48+/m0/s1. The average Bonchev–Trinajstić information content (AvgIpc) is 3.28. The maximum Gasteiger partial charge on any atom is 0.410 e. The highest BCUT2D eigenvalue weighted by molar-refractivity contribution is 6.03. The van der Waals surface area contributed by atoms with Crippen molar-refractivity contribution in [1.82, 2.24) is 4.90 Å². The molecule has 3 aliphatic rings. The molecule has 14 nitrogen and oxygen atoms in total. The Balaban J connectivity index is 1.47. The molecule has 2 N–H and O–H groups in total. The van der Waals surface area contributed by atoms with Gasteiger partial charge in [-0.2, -0.15) is 0 Å². The van der Waals surface area contributed by atoms with Crippen molar-refractivity contribution in [3.05, 3.63) is 118 Å². The lowest BCUT2D eigenvalue weighted by Gasteiger charge is -2.59. The van der Waals surface area contributed by atoms with Gasteiger partial charge >= 0.3 is 6.09 Å². The van der Waals surface area contributed by atoms with Gasteiger partial charge < -0.3 is 38.7 Å². The number of benzene rings is 3. The zero-order valence-corrected chi connectivity index (χ0v) is 35.9. The Morgan fingerprint density at radius 3 is 2.50 bits per heavy atom. The number of amides is 1. The molecule has 0 bridgehead atoms. The summed E-state index contributed by atoms with van der Waals surface area (Å²) in [7, 11) is 0. The molecule has 0 radical (unpaired) electrons. The van der Waals surface area contributed by atoms with Gasteiger partial charge in [0, 0.05) is 43.7 Å². The quantitative estimate of drug-likeness (QED) is 0.0381. The van der Waals surface area contributed by atoms with Gasteiger partial charge in [-0.15, -0.1) is 6.58 Å². The van der Waals surface area contributed by atoms with Crippen LogP contribution in [0.4, 0.5) is 10.5 Å². The molecule has 0 aromatic heterocycles. The topological polar surface area (TPSA) is 172 Å². The van der Waals surface area contributed by atoms with Crippen LogP contribution in [-0.4, -0.2) is 89.9 Å². The van der Waals surface area contributed by atoms with E-state index in [4.69, 9.17) is 33.7 Å². The molecule has 1 aliphatic heterocycles. The van der Waals surface area contributed by atoms with Crippen molar-refractivity contribution in [2.24, 2.45) is 22.9 Å². The zero-order valence-electron chi connectivity index (χ0n) is 35.9. The second-order valence-corrected chi connectivity index (χ2v) is 15.9. The molecule has 62 heavy (non-hydrogen) atoms. The maximum absolute atomic E-state index is 14.4. The van der Waals surface area contributed by atoms with Crippen LogP contribution in [0.15, 0.2) is 102 Å². The Morgan fingerprint density at radius 2 is 1.77 bits per heavy atom. The number of nitrogens with zero attached hydrogens (tertiary/aromatic N) is 3. The van der Waals surface area contributed by atoms with Crippen LogP contribution >= 0.6 is 0 Å². The lowest BCUT2D eigenvalue weighted by atomic mass is 9.55. The van der Waals surface area contributed by atoms with Gasteiger partial charge in [-0.3, -0.25) is 15.0 Å². The van der Waals surface area contributed by atoms with Gasteiger partial charge in [-0.05, 0) is 86.3 Å². The number of carbonyl (C=O) groups is 1. The highest BCUT2D eigenvalue weighted by atomic mass is 16.7. The predicted octanol–water partition coefficient (Wildman–Crippen LogP) is 9.11. The summed E-state index contributed by atoms with van der Waals surface area (Å²) in [6.07, 6.45) is 8.67. The third-order valence-corrected chi connectivity index (χ3v) is 11.9. The second-order valence-electron chi connectivity index (χ2n) is 15.9. The summed E-state index contributed by atoms with van der Waals surface area (Å²) in [4.78, 5) is 33.1. The van der Waals surface area contributed by atoms with Crippen molar-refractivity contribution >= 4 is 17.5 Å². The van der Waals surface area contributed by atoms with E-state index in [9.17, 15) is 25.1 Å². The van der Waals surface area contributed by atoms with Gasteiger partial charge in [0.05, 0.1) is 42.4 Å². The van der Waals surface area contributed by atoms with E-state index < -0.39 is 28.8 Å². The van der Waals surface area contributed by atoms with Crippen LogP contribution in [0.1, 0.15) is 82.3 Å². The summed E-state index contributed by atoms with van der Waals surface area (Å²) in [5.41, 5.74) is 3.38. The molecule has 334 valence electrons. The van der Waals surface area contributed by atoms with Crippen LogP contribution in [-0.2, 0) is 25.7 Å². The number of rotatable bonds is 24. The van der Waals surface area contributed by atoms with E-state index in [-0.39, 0.29) is 62.9 Å². The van der Waals surface area contributed by atoms with E-state index >= 15 is 0 Å². The lowest BCUT2D eigenvalue weighted by molar-refractivity contribution is -0.384. The smallest absolute Gasteiger partial charge is 0.410 e. The minimum Gasteiger partial charge on any atom is -0.459 e. The number of carbonyl (C=O) groups excluding carboxylic acids is 1. The summed E-state index contributed by atoms with van der Waals surface area (Å²) in [6, 6.07) is 20.7. The van der Waals surface area contributed by atoms with Crippen LogP contribution in [0.5, 0.6) is 17.2 Å². The molecule has 0 saturated heterocycles. The number of non-ortho nitro benzene ring substituents is 1. The molecule has 1 heterocycles. The largest absolute Gasteiger partial charge is 0.459 e. The molecule has 14 heteroatoms. The van der Waals surface area contributed by atoms with Crippen molar-refractivity contribution in [3.8, 4) is 17.2 Å². The molecule has 3 aromatic carbocycles. The van der Waals surface area contributed by atoms with Gasteiger partial charge in [-0.1, -0.05) is 73.5 Å². The van der Waals surface area contributed by atoms with E-state index in [0.29, 0.717) is 62.0 Å². The summed E-state index contributed by atoms with van der Waals surface area (Å²) in [5.74, 6) is -0.878. The van der Waals surface area contributed by atoms with E-state index in [0.717, 1.165) is 42.4 Å². The number of aliphatic hydroxyl groups excluding tert-OH is 2. The van der Waals surface area contributed by atoms with E-state index in [1.54, 1.807) is 29.2 Å². The van der Waals surface area contributed by atoms with Gasteiger partial charge in [0.2, 0.25) is 5.79 Å². The van der Waals surface area contributed by atoms with Crippen molar-refractivity contribution in [3.63, 3.8) is 0 Å². The van der Waals surface area contributed by atoms with Crippen LogP contribution in [0.3, 0.4) is 0 Å². The van der Waals surface area contributed by atoms with Crippen molar-refractivity contribution in [2.75, 3.05) is 46.2 Å². The first-order chi connectivity index (χ1) is 30.3. The average molecular weight is 856 g/mol. The fourth-order valence-corrected chi connectivity index (χ4v) is 9.30. The van der Waals surface area contributed by atoms with Crippen LogP contribution in [0.25, 0.3) is 0 Å². The number of hydrogen-bond donors (Lipinski definition) is 2. The minimum absolute atomic E-state index is 0.00292. The molecular formula is C48H61N3O11. The summed E-state index contributed by atoms with van der Waals surface area (Å²) in [6.45, 7) is 9.43. The monoisotopic (exact) mass is 855 g/mol. The number of oxime groups is 1. The van der Waals surface area contributed by atoms with Crippen molar-refractivity contribution < 1.29 is 48.5 Å². The highest BCUT2D eigenvalue weighted by Crippen LogP contribution is 2.62. The number of allylic oxidation sites excluding steroid dienone is 1. The van der Waals surface area contributed by atoms with Crippen molar-refractivity contribution in [2.45, 2.75) is 89.6 Å². The lowest BCUT2D eigenvalue weighted by Crippen LogP contribution is -2.70. The van der Waals surface area contributed by atoms with Crippen molar-refractivity contribution in [1.29, 1.82) is 0 Å². The third kappa shape index (κ3) is 10.8. The molecule has 1 amide bonds. The first-order valence-corrected chi connectivity index (χ1v) is 22.0. The normalized spacial score (nSPS) is 23.0. The van der Waals surface area contributed by atoms with E-state index in [1.807, 2.05) is 56.3 Å². The molecule has 0 spiro atoms. The Kier molecular flexibility index (Phi) is 16.9. The fraction of sp³-hybridized carbons (Fsp3) is 0.500. The molecule has 1 fully saturated rings. The van der Waals surface area contributed by atoms with Gasteiger partial charge in [-0.25, -0.2) is 4.79 Å². The molecule has 6 rings (SSSR count). The Bertz CT molecular complexity index is 2010. The fourth-order valence-electron chi connectivity index (χ4n) is 9.30. The molecule has 3 aromatic rings. The van der Waals surface area contributed by atoms with E-state index in [1.165, 1.54) is 12.1 Å². The number of fused-ring (bicyclic) bond motifs is 2. The Hall–Kier alpha value is -5.28. The predicted molar refractivity (Wildman–Crippen MR) is 234 cm³/mol. The number of ether oxygens (including phenoxy) is 5. The molecular weight excluding hydrogens is 795 g/mol. The SMILES string of the molecule is C=CCO[C@@]12Oc3ccc(Oc4cccc([N+](=O)[O-])c4)cc3[C@H]3[C@H](CCCCO)[C@@H](CCCCO)C=C(C(=NOCC)C[C@@H]1N(CCC)C(=O)OCCOCc1ccccc1)[C@H]32. The molecule has 0 unspecified atom stereocenters. The van der Waals surface area contributed by atoms with Gasteiger partial charge in [0.1, 0.15) is 36.5 Å². The third-order valence-electron chi connectivity index (χ3n) is 11.9. The van der Waals surface area contributed by atoms with Crippen LogP contribution < -0.4 is 9.47 Å². The minimum atomic E-state index is -1.45. The Morgan fingerprint density at radius 1 is 1.00 bits per heavy atom. The highest BCUT2D eigenvalue weighted by Gasteiger charge is 2.65. The number of unbranched alkanes of at least 4 members (excludes halogenated alkanes) is 2. The molecule has 1 saturated carbocycles. The number of nitro benzene ring substituents is 1. The first kappa shape index (κ1) is 46.2. The Labute approximate surface area is 364 Å². The zero-order chi connectivity index (χ0) is 43.9. The first-order valence-electron chi connectivity index (χ1n) is 22.0. The number of nitro groups is 1. The summed E-state index contributed by atoms with van der Waals surface area (Å²) in [5, 5.41) is 36.1. The van der Waals surface area contributed by atoms with Gasteiger partial charge in [0.15, 0.2) is 0 Å². The maximum atomic E-state index is 14.4. The van der Waals surface area contributed by atoms with E-state index in [2.05, 4.69) is 12.7 Å². The van der Waals surface area contributed by atoms with Crippen LogP contribution in [0.2, 0.25) is 0 Å². The number of aliphatic hydroxyl groups is 2. The molecule has 2 aliphatic carbocycles. The van der Waals surface area contributed by atoms with Gasteiger partial charge in [0.25, 0.3) is 5.69 Å². The second kappa shape index (κ2) is 22.7.